The molecule has 1 aromatic rings. The van der Waals surface area contributed by atoms with Crippen LogP contribution in [-0.4, -0.2) is 37.6 Å². The molecule has 114 valence electrons. The van der Waals surface area contributed by atoms with Gasteiger partial charge in [0.15, 0.2) is 11.6 Å². The standard InChI is InChI=1S/C10H10F5NO3S/c1-16(5-10(13,14)15)20(18,19)8-3-6(4-17)2-7(11)9(8)12/h2-3,17H,4-5H2,1H3. The first-order chi connectivity index (χ1) is 8.99. The number of aliphatic hydroxyl groups is 1. The van der Waals surface area contributed by atoms with Crippen LogP contribution in [-0.2, 0) is 16.6 Å². The van der Waals surface area contributed by atoms with E-state index in [1.54, 1.807) is 0 Å². The molecule has 1 N–H and O–H groups in total. The third kappa shape index (κ3) is 3.64. The van der Waals surface area contributed by atoms with Gasteiger partial charge in [0.25, 0.3) is 0 Å². The van der Waals surface area contributed by atoms with E-state index < -0.39 is 45.9 Å². The SMILES string of the molecule is CN(CC(F)(F)F)S(=O)(=O)c1cc(CO)cc(F)c1F. The topological polar surface area (TPSA) is 57.6 Å². The smallest absolute Gasteiger partial charge is 0.392 e. The van der Waals surface area contributed by atoms with E-state index in [0.717, 1.165) is 0 Å². The highest BCUT2D eigenvalue weighted by atomic mass is 32.2. The zero-order valence-electron chi connectivity index (χ0n) is 10.1. The molecule has 20 heavy (non-hydrogen) atoms. The van der Waals surface area contributed by atoms with Gasteiger partial charge in [-0.1, -0.05) is 0 Å². The number of rotatable bonds is 4. The molecule has 0 radical (unpaired) electrons. The first-order valence-corrected chi connectivity index (χ1v) is 6.55. The molecule has 0 saturated heterocycles. The molecule has 0 bridgehead atoms. The maximum atomic E-state index is 13.5. The Hall–Kier alpha value is -1.26. The molecule has 1 rings (SSSR count). The summed E-state index contributed by atoms with van der Waals surface area (Å²) in [6, 6.07) is 1.14. The average Bonchev–Trinajstić information content (AvgIpc) is 2.29. The van der Waals surface area contributed by atoms with Gasteiger partial charge >= 0.3 is 6.18 Å². The second kappa shape index (κ2) is 5.62. The number of halogens is 5. The largest absolute Gasteiger partial charge is 0.402 e. The Bertz CT molecular complexity index is 600. The second-order valence-electron chi connectivity index (χ2n) is 3.92. The number of hydrogen-bond donors (Lipinski definition) is 1. The molecular weight excluding hydrogens is 309 g/mol. The van der Waals surface area contributed by atoms with Gasteiger partial charge in [-0.2, -0.15) is 17.5 Å². The lowest BCUT2D eigenvalue weighted by Gasteiger charge is -2.19. The van der Waals surface area contributed by atoms with Crippen molar-refractivity contribution >= 4 is 10.0 Å². The van der Waals surface area contributed by atoms with Gasteiger partial charge < -0.3 is 5.11 Å². The molecule has 0 amide bonds. The lowest BCUT2D eigenvalue weighted by Crippen LogP contribution is -2.36. The number of hydrogen-bond acceptors (Lipinski definition) is 3. The molecule has 0 aliphatic carbocycles. The van der Waals surface area contributed by atoms with Gasteiger partial charge in [0.1, 0.15) is 11.4 Å². The van der Waals surface area contributed by atoms with Crippen LogP contribution in [0, 0.1) is 11.6 Å². The molecule has 4 nitrogen and oxygen atoms in total. The summed E-state index contributed by atoms with van der Waals surface area (Å²) in [6.45, 7) is -2.64. The molecule has 0 saturated carbocycles. The third-order valence-corrected chi connectivity index (χ3v) is 4.13. The Balaban J connectivity index is 3.32. The van der Waals surface area contributed by atoms with Crippen molar-refractivity contribution in [3.8, 4) is 0 Å². The Kier molecular flexibility index (Phi) is 4.72. The minimum atomic E-state index is -4.87. The molecule has 0 aliphatic rings. The van der Waals surface area contributed by atoms with Gasteiger partial charge in [0, 0.05) is 7.05 Å². The lowest BCUT2D eigenvalue weighted by molar-refractivity contribution is -0.134. The maximum Gasteiger partial charge on any atom is 0.402 e. The Morgan fingerprint density at radius 1 is 1.25 bits per heavy atom. The molecule has 1 aromatic carbocycles. The van der Waals surface area contributed by atoms with Crippen LogP contribution in [0.15, 0.2) is 17.0 Å². The van der Waals surface area contributed by atoms with E-state index in [1.165, 1.54) is 0 Å². The fraction of sp³-hybridized carbons (Fsp3) is 0.400. The van der Waals surface area contributed by atoms with Crippen molar-refractivity contribution in [1.82, 2.24) is 4.31 Å². The summed E-state index contributed by atoms with van der Waals surface area (Å²) in [5.41, 5.74) is -0.275. The van der Waals surface area contributed by atoms with E-state index >= 15 is 0 Å². The van der Waals surface area contributed by atoms with Gasteiger partial charge in [-0.25, -0.2) is 17.2 Å². The highest BCUT2D eigenvalue weighted by Crippen LogP contribution is 2.25. The van der Waals surface area contributed by atoms with Crippen molar-refractivity contribution in [3.63, 3.8) is 0 Å². The summed E-state index contributed by atoms with van der Waals surface area (Å²) in [6.07, 6.45) is -4.83. The monoisotopic (exact) mass is 319 g/mol. The van der Waals surface area contributed by atoms with Gasteiger partial charge in [0.05, 0.1) is 6.61 Å². The van der Waals surface area contributed by atoms with Crippen LogP contribution in [0.1, 0.15) is 5.56 Å². The molecule has 0 heterocycles. The fourth-order valence-electron chi connectivity index (χ4n) is 1.40. The summed E-state index contributed by atoms with van der Waals surface area (Å²) >= 11 is 0. The van der Waals surface area contributed by atoms with E-state index in [2.05, 4.69) is 0 Å². The quantitative estimate of drug-likeness (QED) is 0.859. The van der Waals surface area contributed by atoms with Crippen molar-refractivity contribution in [3.05, 3.63) is 29.3 Å². The minimum absolute atomic E-state index is 0.147. The first-order valence-electron chi connectivity index (χ1n) is 5.11. The van der Waals surface area contributed by atoms with Crippen molar-refractivity contribution in [2.24, 2.45) is 0 Å². The summed E-state index contributed by atoms with van der Waals surface area (Å²) in [4.78, 5) is -1.26. The van der Waals surface area contributed by atoms with Crippen molar-refractivity contribution in [2.45, 2.75) is 17.7 Å². The normalized spacial score (nSPS) is 13.0. The van der Waals surface area contributed by atoms with Crippen molar-refractivity contribution in [1.29, 1.82) is 0 Å². The molecule has 0 spiro atoms. The van der Waals surface area contributed by atoms with Gasteiger partial charge in [-0.3, -0.25) is 0 Å². The van der Waals surface area contributed by atoms with Crippen LogP contribution in [0.5, 0.6) is 0 Å². The predicted molar refractivity (Wildman–Crippen MR) is 58.2 cm³/mol. The van der Waals surface area contributed by atoms with Gasteiger partial charge in [-0.15, -0.1) is 0 Å². The van der Waals surface area contributed by atoms with Gasteiger partial charge in [0.2, 0.25) is 10.0 Å². The summed E-state index contributed by atoms with van der Waals surface area (Å²) in [5, 5.41) is 8.79. The first kappa shape index (κ1) is 16.8. The highest BCUT2D eigenvalue weighted by molar-refractivity contribution is 7.89. The predicted octanol–water partition coefficient (Wildman–Crippen LogP) is 1.64. The van der Waals surface area contributed by atoms with Crippen LogP contribution in [0.3, 0.4) is 0 Å². The van der Waals surface area contributed by atoms with E-state index in [1.807, 2.05) is 0 Å². The van der Waals surface area contributed by atoms with Crippen LogP contribution in [0.2, 0.25) is 0 Å². The molecule has 0 unspecified atom stereocenters. The van der Waals surface area contributed by atoms with E-state index in [4.69, 9.17) is 5.11 Å². The van der Waals surface area contributed by atoms with E-state index in [9.17, 15) is 30.4 Å². The highest BCUT2D eigenvalue weighted by Gasteiger charge is 2.36. The maximum absolute atomic E-state index is 13.5. The van der Waals surface area contributed by atoms with E-state index in [-0.39, 0.29) is 9.87 Å². The van der Waals surface area contributed by atoms with Crippen molar-refractivity contribution in [2.75, 3.05) is 13.6 Å². The minimum Gasteiger partial charge on any atom is -0.392 e. The van der Waals surface area contributed by atoms with Crippen LogP contribution >= 0.6 is 0 Å². The van der Waals surface area contributed by atoms with Crippen LogP contribution in [0.25, 0.3) is 0 Å². The molecule has 0 atom stereocenters. The molecule has 0 aromatic heterocycles. The number of benzene rings is 1. The molecule has 0 fully saturated rings. The number of nitrogens with zero attached hydrogens (tertiary/aromatic N) is 1. The number of sulfonamides is 1. The Labute approximate surface area is 111 Å². The lowest BCUT2D eigenvalue weighted by atomic mass is 10.2. The Morgan fingerprint density at radius 3 is 2.25 bits per heavy atom. The fourth-order valence-corrected chi connectivity index (χ4v) is 2.68. The molecular formula is C10H10F5NO3S. The third-order valence-electron chi connectivity index (χ3n) is 2.33. The summed E-state index contributed by atoms with van der Waals surface area (Å²) < 4.78 is 86.6. The van der Waals surface area contributed by atoms with Gasteiger partial charge in [-0.05, 0) is 17.7 Å². The van der Waals surface area contributed by atoms with Crippen LogP contribution in [0.4, 0.5) is 22.0 Å². The number of aliphatic hydroxyl groups excluding tert-OH is 1. The van der Waals surface area contributed by atoms with Crippen molar-refractivity contribution < 1.29 is 35.5 Å². The molecule has 0 aliphatic heterocycles. The zero-order valence-corrected chi connectivity index (χ0v) is 10.9. The van der Waals surface area contributed by atoms with Crippen LogP contribution < -0.4 is 0 Å². The second-order valence-corrected chi connectivity index (χ2v) is 5.94. The number of alkyl halides is 3. The summed E-state index contributed by atoms with van der Waals surface area (Å²) in [7, 11) is -4.28. The average molecular weight is 319 g/mol. The molecule has 10 heteroatoms. The zero-order chi connectivity index (χ0) is 15.7. The Morgan fingerprint density at radius 2 is 1.80 bits per heavy atom. The van der Waals surface area contributed by atoms with E-state index in [0.29, 0.717) is 19.2 Å². The summed E-state index contributed by atoms with van der Waals surface area (Å²) in [5.74, 6) is -3.37.